The minimum Gasteiger partial charge on any atom is -0.494 e. The Kier molecular flexibility index (Phi) is 6.50. The molecular weight excluding hydrogens is 328 g/mol. The van der Waals surface area contributed by atoms with E-state index >= 15 is 0 Å². The van der Waals surface area contributed by atoms with E-state index < -0.39 is 0 Å². The molecular formula is C21H26N2O3. The molecule has 0 aliphatic carbocycles. The summed E-state index contributed by atoms with van der Waals surface area (Å²) in [6.45, 7) is 5.41. The van der Waals surface area contributed by atoms with E-state index in [0.717, 1.165) is 31.8 Å². The smallest absolute Gasteiger partial charge is 0.258 e. The highest BCUT2D eigenvalue weighted by molar-refractivity contribution is 5.77. The number of hydrogen-bond donors (Lipinski definition) is 1. The lowest BCUT2D eigenvalue weighted by Crippen LogP contribution is -2.39. The predicted molar refractivity (Wildman–Crippen MR) is 101 cm³/mol. The zero-order valence-electron chi connectivity index (χ0n) is 15.2. The second-order valence-corrected chi connectivity index (χ2v) is 6.47. The van der Waals surface area contributed by atoms with Crippen molar-refractivity contribution in [1.29, 1.82) is 0 Å². The summed E-state index contributed by atoms with van der Waals surface area (Å²) >= 11 is 0. The average molecular weight is 354 g/mol. The topological polar surface area (TPSA) is 50.8 Å². The maximum Gasteiger partial charge on any atom is 0.258 e. The van der Waals surface area contributed by atoms with Gasteiger partial charge in [-0.05, 0) is 43.2 Å². The van der Waals surface area contributed by atoms with E-state index in [1.165, 1.54) is 5.56 Å². The average Bonchev–Trinajstić information content (AvgIpc) is 3.09. The van der Waals surface area contributed by atoms with E-state index in [9.17, 15) is 4.79 Å². The van der Waals surface area contributed by atoms with Crippen LogP contribution in [0.3, 0.4) is 0 Å². The summed E-state index contributed by atoms with van der Waals surface area (Å²) in [5, 5.41) is 3.07. The van der Waals surface area contributed by atoms with Crippen LogP contribution in [-0.2, 0) is 11.3 Å². The van der Waals surface area contributed by atoms with Gasteiger partial charge in [0, 0.05) is 25.7 Å². The van der Waals surface area contributed by atoms with Crippen molar-refractivity contribution in [1.82, 2.24) is 10.2 Å². The van der Waals surface area contributed by atoms with Gasteiger partial charge in [-0.2, -0.15) is 0 Å². The Labute approximate surface area is 154 Å². The van der Waals surface area contributed by atoms with E-state index in [-0.39, 0.29) is 18.6 Å². The number of ether oxygens (including phenoxy) is 2. The van der Waals surface area contributed by atoms with Crippen LogP contribution in [0.15, 0.2) is 54.6 Å². The van der Waals surface area contributed by atoms with Crippen LogP contribution in [-0.4, -0.2) is 43.2 Å². The van der Waals surface area contributed by atoms with Crippen molar-refractivity contribution in [3.8, 4) is 11.5 Å². The number of hydrogen-bond acceptors (Lipinski definition) is 4. The molecule has 3 rings (SSSR count). The van der Waals surface area contributed by atoms with Crippen molar-refractivity contribution in [2.45, 2.75) is 25.9 Å². The van der Waals surface area contributed by atoms with Crippen LogP contribution >= 0.6 is 0 Å². The maximum absolute atomic E-state index is 12.1. The van der Waals surface area contributed by atoms with Crippen molar-refractivity contribution in [2.24, 2.45) is 0 Å². The molecule has 1 heterocycles. The molecule has 0 saturated carbocycles. The first kappa shape index (κ1) is 18.3. The first-order chi connectivity index (χ1) is 12.7. The molecule has 1 unspecified atom stereocenters. The van der Waals surface area contributed by atoms with E-state index in [2.05, 4.69) is 34.5 Å². The molecule has 5 nitrogen and oxygen atoms in total. The monoisotopic (exact) mass is 354 g/mol. The number of nitrogens with zero attached hydrogens (tertiary/aromatic N) is 1. The van der Waals surface area contributed by atoms with Gasteiger partial charge in [-0.15, -0.1) is 0 Å². The third-order valence-corrected chi connectivity index (χ3v) is 4.39. The van der Waals surface area contributed by atoms with Gasteiger partial charge in [-0.25, -0.2) is 0 Å². The van der Waals surface area contributed by atoms with E-state index in [1.54, 1.807) is 0 Å². The summed E-state index contributed by atoms with van der Waals surface area (Å²) < 4.78 is 10.9. The van der Waals surface area contributed by atoms with Gasteiger partial charge in [0.05, 0.1) is 6.61 Å². The van der Waals surface area contributed by atoms with Crippen LogP contribution in [0.1, 0.15) is 18.9 Å². The first-order valence-electron chi connectivity index (χ1n) is 9.14. The molecule has 2 aromatic carbocycles. The van der Waals surface area contributed by atoms with Crippen LogP contribution < -0.4 is 14.8 Å². The van der Waals surface area contributed by atoms with Crippen LogP contribution in [0.2, 0.25) is 0 Å². The van der Waals surface area contributed by atoms with Gasteiger partial charge >= 0.3 is 0 Å². The van der Waals surface area contributed by atoms with Crippen molar-refractivity contribution >= 4 is 5.91 Å². The van der Waals surface area contributed by atoms with Crippen molar-refractivity contribution < 1.29 is 14.3 Å². The number of carbonyl (C=O) groups is 1. The molecule has 1 saturated heterocycles. The van der Waals surface area contributed by atoms with Gasteiger partial charge in [0.25, 0.3) is 5.91 Å². The van der Waals surface area contributed by atoms with Gasteiger partial charge in [-0.1, -0.05) is 30.3 Å². The number of amides is 1. The SMILES string of the molecule is CCOc1ccc(OCC(=O)NC2CCN(Cc3ccccc3)C2)cc1. The van der Waals surface area contributed by atoms with Gasteiger partial charge < -0.3 is 14.8 Å². The van der Waals surface area contributed by atoms with Crippen molar-refractivity contribution in [3.05, 3.63) is 60.2 Å². The minimum atomic E-state index is -0.0783. The molecule has 1 atom stereocenters. The molecule has 2 aromatic rings. The number of rotatable bonds is 8. The molecule has 0 spiro atoms. The van der Waals surface area contributed by atoms with Crippen molar-refractivity contribution in [3.63, 3.8) is 0 Å². The third kappa shape index (κ3) is 5.49. The van der Waals surface area contributed by atoms with Crippen LogP contribution in [0, 0.1) is 0 Å². The third-order valence-electron chi connectivity index (χ3n) is 4.39. The highest BCUT2D eigenvalue weighted by Crippen LogP contribution is 2.17. The Morgan fingerprint density at radius 1 is 1.08 bits per heavy atom. The molecule has 1 fully saturated rings. The van der Waals surface area contributed by atoms with Gasteiger partial charge in [-0.3, -0.25) is 9.69 Å². The normalized spacial score (nSPS) is 17.0. The zero-order chi connectivity index (χ0) is 18.2. The Morgan fingerprint density at radius 3 is 2.46 bits per heavy atom. The standard InChI is InChI=1S/C21H26N2O3/c1-2-25-19-8-10-20(11-9-19)26-16-21(24)22-18-12-13-23(15-18)14-17-6-4-3-5-7-17/h3-11,18H,2,12-16H2,1H3,(H,22,24). The molecule has 0 radical (unpaired) electrons. The molecule has 5 heteroatoms. The van der Waals surface area contributed by atoms with Crippen LogP contribution in [0.25, 0.3) is 0 Å². The fourth-order valence-electron chi connectivity index (χ4n) is 3.15. The number of carbonyl (C=O) groups excluding carboxylic acids is 1. The molecule has 1 aliphatic heterocycles. The van der Waals surface area contributed by atoms with Crippen LogP contribution in [0.4, 0.5) is 0 Å². The molecule has 26 heavy (non-hydrogen) atoms. The highest BCUT2D eigenvalue weighted by atomic mass is 16.5. The second-order valence-electron chi connectivity index (χ2n) is 6.47. The zero-order valence-corrected chi connectivity index (χ0v) is 15.2. The fraction of sp³-hybridized carbons (Fsp3) is 0.381. The number of benzene rings is 2. The Morgan fingerprint density at radius 2 is 1.77 bits per heavy atom. The summed E-state index contributed by atoms with van der Waals surface area (Å²) in [6, 6.07) is 17.9. The molecule has 138 valence electrons. The molecule has 0 bridgehead atoms. The summed E-state index contributed by atoms with van der Waals surface area (Å²) in [5.74, 6) is 1.39. The van der Waals surface area contributed by atoms with Crippen molar-refractivity contribution in [2.75, 3.05) is 26.3 Å². The quantitative estimate of drug-likeness (QED) is 0.792. The minimum absolute atomic E-state index is 0.0309. The maximum atomic E-state index is 12.1. The lowest BCUT2D eigenvalue weighted by atomic mass is 10.2. The molecule has 0 aromatic heterocycles. The summed E-state index contributed by atoms with van der Waals surface area (Å²) in [4.78, 5) is 14.5. The number of nitrogens with one attached hydrogen (secondary N) is 1. The Bertz CT molecular complexity index is 688. The Balaban J connectivity index is 1.38. The largest absolute Gasteiger partial charge is 0.494 e. The van der Waals surface area contributed by atoms with Gasteiger partial charge in [0.1, 0.15) is 11.5 Å². The second kappa shape index (κ2) is 9.25. The molecule has 1 aliphatic rings. The fourth-order valence-corrected chi connectivity index (χ4v) is 3.15. The highest BCUT2D eigenvalue weighted by Gasteiger charge is 2.23. The Hall–Kier alpha value is -2.53. The number of likely N-dealkylation sites (tertiary alicyclic amines) is 1. The van der Waals surface area contributed by atoms with E-state index in [0.29, 0.717) is 12.4 Å². The summed E-state index contributed by atoms with van der Waals surface area (Å²) in [5.41, 5.74) is 1.30. The summed E-state index contributed by atoms with van der Waals surface area (Å²) in [7, 11) is 0. The molecule has 1 amide bonds. The molecule has 1 N–H and O–H groups in total. The van der Waals surface area contributed by atoms with E-state index in [1.807, 2.05) is 37.3 Å². The summed E-state index contributed by atoms with van der Waals surface area (Å²) in [6.07, 6.45) is 0.974. The predicted octanol–water partition coefficient (Wildman–Crippen LogP) is 2.85. The lowest BCUT2D eigenvalue weighted by molar-refractivity contribution is -0.123. The van der Waals surface area contributed by atoms with Gasteiger partial charge in [0.15, 0.2) is 6.61 Å². The first-order valence-corrected chi connectivity index (χ1v) is 9.14. The van der Waals surface area contributed by atoms with Crippen LogP contribution in [0.5, 0.6) is 11.5 Å². The lowest BCUT2D eigenvalue weighted by Gasteiger charge is -2.17. The van der Waals surface area contributed by atoms with E-state index in [4.69, 9.17) is 9.47 Å². The van der Waals surface area contributed by atoms with Gasteiger partial charge in [0.2, 0.25) is 0 Å².